The number of amides is 1. The van der Waals surface area contributed by atoms with Crippen LogP contribution in [-0.2, 0) is 6.42 Å². The topological polar surface area (TPSA) is 85.3 Å². The Kier molecular flexibility index (Phi) is 3.14. The van der Waals surface area contributed by atoms with E-state index >= 15 is 0 Å². The summed E-state index contributed by atoms with van der Waals surface area (Å²) in [5.41, 5.74) is 4.41. The van der Waals surface area contributed by atoms with Gasteiger partial charge < -0.3 is 0 Å². The number of carbonyl (C=O) groups is 1. The van der Waals surface area contributed by atoms with Gasteiger partial charge in [0.1, 0.15) is 5.82 Å². The number of nitrogens with two attached hydrogens (primary N) is 1. The van der Waals surface area contributed by atoms with Crippen LogP contribution in [0.2, 0.25) is 0 Å². The number of fused-ring (bicyclic) bond motifs is 1. The van der Waals surface area contributed by atoms with Crippen molar-refractivity contribution in [2.45, 2.75) is 6.42 Å². The highest BCUT2D eigenvalue weighted by Crippen LogP contribution is 2.11. The standard InChI is InChI=1S/C14H13N5O/c15-16-14(20)11-6-7-12-17-18-13(19(12)9-11)8-10-4-2-1-3-5-10/h1-7,9H,8,15H2,(H,16,20). The summed E-state index contributed by atoms with van der Waals surface area (Å²) in [5, 5.41) is 8.26. The first-order valence-electron chi connectivity index (χ1n) is 6.16. The number of hydrazine groups is 1. The molecule has 100 valence electrons. The molecule has 0 unspecified atom stereocenters. The van der Waals surface area contributed by atoms with Crippen molar-refractivity contribution in [1.29, 1.82) is 0 Å². The smallest absolute Gasteiger partial charge is 0.266 e. The van der Waals surface area contributed by atoms with Gasteiger partial charge in [0.2, 0.25) is 0 Å². The van der Waals surface area contributed by atoms with Crippen LogP contribution >= 0.6 is 0 Å². The van der Waals surface area contributed by atoms with Gasteiger partial charge in [0.05, 0.1) is 5.56 Å². The van der Waals surface area contributed by atoms with Gasteiger partial charge in [-0.1, -0.05) is 30.3 Å². The molecule has 3 N–H and O–H groups in total. The molecular formula is C14H13N5O. The van der Waals surface area contributed by atoms with E-state index in [-0.39, 0.29) is 5.91 Å². The summed E-state index contributed by atoms with van der Waals surface area (Å²) in [5.74, 6) is 5.58. The fourth-order valence-electron chi connectivity index (χ4n) is 2.05. The summed E-state index contributed by atoms with van der Waals surface area (Å²) in [4.78, 5) is 11.6. The Labute approximate surface area is 115 Å². The van der Waals surface area contributed by atoms with Crippen molar-refractivity contribution < 1.29 is 4.79 Å². The number of hydrogen-bond donors (Lipinski definition) is 2. The van der Waals surface area contributed by atoms with E-state index in [1.807, 2.05) is 30.3 Å². The minimum Gasteiger partial charge on any atom is -0.290 e. The SMILES string of the molecule is NNC(=O)c1ccc2nnc(Cc3ccccc3)n2c1. The van der Waals surface area contributed by atoms with Gasteiger partial charge in [0.25, 0.3) is 5.91 Å². The van der Waals surface area contributed by atoms with Gasteiger partial charge in [-0.3, -0.25) is 14.6 Å². The monoisotopic (exact) mass is 267 g/mol. The zero-order chi connectivity index (χ0) is 13.9. The van der Waals surface area contributed by atoms with E-state index in [2.05, 4.69) is 15.6 Å². The number of nitrogens with one attached hydrogen (secondary N) is 1. The summed E-state index contributed by atoms with van der Waals surface area (Å²) in [6.07, 6.45) is 2.34. The molecule has 3 rings (SSSR count). The molecular weight excluding hydrogens is 254 g/mol. The summed E-state index contributed by atoms with van der Waals surface area (Å²) in [6.45, 7) is 0. The van der Waals surface area contributed by atoms with E-state index in [1.165, 1.54) is 0 Å². The first-order valence-corrected chi connectivity index (χ1v) is 6.16. The molecule has 1 aromatic carbocycles. The summed E-state index contributed by atoms with van der Waals surface area (Å²) in [6, 6.07) is 13.4. The second-order valence-corrected chi connectivity index (χ2v) is 4.40. The number of pyridine rings is 1. The number of benzene rings is 1. The summed E-state index contributed by atoms with van der Waals surface area (Å²) < 4.78 is 1.80. The van der Waals surface area contributed by atoms with Crippen LogP contribution in [0.3, 0.4) is 0 Å². The molecule has 20 heavy (non-hydrogen) atoms. The number of nitrogens with zero attached hydrogens (tertiary/aromatic N) is 3. The van der Waals surface area contributed by atoms with E-state index in [0.717, 1.165) is 11.4 Å². The summed E-state index contributed by atoms with van der Waals surface area (Å²) in [7, 11) is 0. The molecule has 0 fully saturated rings. The van der Waals surface area contributed by atoms with Gasteiger partial charge in [0, 0.05) is 12.6 Å². The van der Waals surface area contributed by atoms with Crippen molar-refractivity contribution in [2.24, 2.45) is 5.84 Å². The first-order chi connectivity index (χ1) is 9.78. The molecule has 0 saturated heterocycles. The number of aromatic nitrogens is 3. The highest BCUT2D eigenvalue weighted by atomic mass is 16.2. The van der Waals surface area contributed by atoms with Crippen molar-refractivity contribution in [3.8, 4) is 0 Å². The molecule has 0 aliphatic heterocycles. The van der Waals surface area contributed by atoms with Crippen molar-refractivity contribution in [2.75, 3.05) is 0 Å². The highest BCUT2D eigenvalue weighted by Gasteiger charge is 2.10. The van der Waals surface area contributed by atoms with Crippen LogP contribution in [0.4, 0.5) is 0 Å². The molecule has 6 nitrogen and oxygen atoms in total. The minimum absolute atomic E-state index is 0.341. The Morgan fingerprint density at radius 2 is 1.95 bits per heavy atom. The third-order valence-electron chi connectivity index (χ3n) is 3.07. The lowest BCUT2D eigenvalue weighted by Crippen LogP contribution is -2.30. The average Bonchev–Trinajstić information content (AvgIpc) is 2.90. The molecule has 2 heterocycles. The van der Waals surface area contributed by atoms with Gasteiger partial charge >= 0.3 is 0 Å². The molecule has 2 aromatic heterocycles. The predicted molar refractivity (Wildman–Crippen MR) is 73.9 cm³/mol. The van der Waals surface area contributed by atoms with Gasteiger partial charge in [-0.15, -0.1) is 10.2 Å². The van der Waals surface area contributed by atoms with Crippen LogP contribution in [0.1, 0.15) is 21.7 Å². The number of rotatable bonds is 3. The first kappa shape index (κ1) is 12.3. The zero-order valence-electron chi connectivity index (χ0n) is 10.7. The molecule has 0 atom stereocenters. The minimum atomic E-state index is -0.341. The van der Waals surface area contributed by atoms with Crippen molar-refractivity contribution in [1.82, 2.24) is 20.0 Å². The lowest BCUT2D eigenvalue weighted by Gasteiger charge is -2.03. The molecule has 0 bridgehead atoms. The Morgan fingerprint density at radius 3 is 2.70 bits per heavy atom. The van der Waals surface area contributed by atoms with E-state index in [9.17, 15) is 4.79 Å². The second kappa shape index (κ2) is 5.10. The van der Waals surface area contributed by atoms with Crippen molar-refractivity contribution in [3.63, 3.8) is 0 Å². The van der Waals surface area contributed by atoms with Gasteiger partial charge in [-0.05, 0) is 17.7 Å². The van der Waals surface area contributed by atoms with Crippen LogP contribution < -0.4 is 11.3 Å². The van der Waals surface area contributed by atoms with Crippen LogP contribution in [0.15, 0.2) is 48.7 Å². The van der Waals surface area contributed by atoms with Crippen LogP contribution in [0.25, 0.3) is 5.65 Å². The molecule has 0 radical (unpaired) electrons. The predicted octanol–water partition coefficient (Wildman–Crippen LogP) is 0.924. The normalized spacial score (nSPS) is 10.7. The average molecular weight is 267 g/mol. The Morgan fingerprint density at radius 1 is 1.15 bits per heavy atom. The van der Waals surface area contributed by atoms with Gasteiger partial charge in [-0.2, -0.15) is 0 Å². The molecule has 0 spiro atoms. The largest absolute Gasteiger partial charge is 0.290 e. The molecule has 0 saturated carbocycles. The van der Waals surface area contributed by atoms with E-state index in [1.54, 1.807) is 22.7 Å². The van der Waals surface area contributed by atoms with E-state index < -0.39 is 0 Å². The van der Waals surface area contributed by atoms with Crippen LogP contribution in [0, 0.1) is 0 Å². The molecule has 1 amide bonds. The molecule has 0 aliphatic rings. The Hall–Kier alpha value is -2.73. The molecule has 6 heteroatoms. The van der Waals surface area contributed by atoms with E-state index in [4.69, 9.17) is 5.84 Å². The van der Waals surface area contributed by atoms with Crippen molar-refractivity contribution >= 4 is 11.6 Å². The number of hydrogen-bond acceptors (Lipinski definition) is 4. The van der Waals surface area contributed by atoms with E-state index in [0.29, 0.717) is 17.6 Å². The molecule has 0 aliphatic carbocycles. The van der Waals surface area contributed by atoms with Gasteiger partial charge in [0.15, 0.2) is 5.65 Å². The van der Waals surface area contributed by atoms with Crippen LogP contribution in [0.5, 0.6) is 0 Å². The maximum absolute atomic E-state index is 11.6. The number of nitrogen functional groups attached to an aromatic ring is 1. The fraction of sp³-hybridized carbons (Fsp3) is 0.0714. The highest BCUT2D eigenvalue weighted by molar-refractivity contribution is 5.93. The fourth-order valence-corrected chi connectivity index (χ4v) is 2.05. The third-order valence-corrected chi connectivity index (χ3v) is 3.07. The second-order valence-electron chi connectivity index (χ2n) is 4.40. The Bertz CT molecular complexity index is 751. The molecule has 3 aromatic rings. The quantitative estimate of drug-likeness (QED) is 0.420. The third kappa shape index (κ3) is 2.24. The van der Waals surface area contributed by atoms with Gasteiger partial charge in [-0.25, -0.2) is 5.84 Å². The lowest BCUT2D eigenvalue weighted by molar-refractivity contribution is 0.0953. The maximum Gasteiger partial charge on any atom is 0.266 e. The maximum atomic E-state index is 11.6. The Balaban J connectivity index is 2.01. The zero-order valence-corrected chi connectivity index (χ0v) is 10.7. The number of carbonyl (C=O) groups excluding carboxylic acids is 1. The summed E-state index contributed by atoms with van der Waals surface area (Å²) >= 11 is 0. The van der Waals surface area contributed by atoms with Crippen LogP contribution in [-0.4, -0.2) is 20.5 Å². The van der Waals surface area contributed by atoms with Crippen molar-refractivity contribution in [3.05, 3.63) is 65.6 Å². The lowest BCUT2D eigenvalue weighted by atomic mass is 10.1.